The van der Waals surface area contributed by atoms with Crippen LogP contribution in [0.4, 0.5) is 5.69 Å². The summed E-state index contributed by atoms with van der Waals surface area (Å²) in [4.78, 5) is 68.0. The van der Waals surface area contributed by atoms with Gasteiger partial charge < -0.3 is 30.4 Å². The molecule has 1 fully saturated rings. The van der Waals surface area contributed by atoms with E-state index in [-0.39, 0.29) is 49.4 Å². The first-order valence-corrected chi connectivity index (χ1v) is 20.4. The van der Waals surface area contributed by atoms with E-state index in [1.807, 2.05) is 24.3 Å². The third kappa shape index (κ3) is 9.42. The highest BCUT2D eigenvalue weighted by atomic mass is 32.2. The predicted molar refractivity (Wildman–Crippen MR) is 221 cm³/mol. The highest BCUT2D eigenvalue weighted by Crippen LogP contribution is 2.42. The van der Waals surface area contributed by atoms with Crippen molar-refractivity contribution in [1.82, 2.24) is 19.7 Å². The number of amides is 4. The Hall–Kier alpha value is -5.21. The summed E-state index contributed by atoms with van der Waals surface area (Å²) in [6, 6.07) is 19.0. The lowest BCUT2D eigenvalue weighted by atomic mass is 9.90. The fourth-order valence-corrected chi connectivity index (χ4v) is 8.22. The van der Waals surface area contributed by atoms with Crippen molar-refractivity contribution < 1.29 is 33.5 Å². The minimum absolute atomic E-state index is 0.0123. The number of thioether (sulfide) groups is 1. The monoisotopic (exact) mass is 785 g/mol. The molecule has 1 saturated heterocycles. The summed E-state index contributed by atoms with van der Waals surface area (Å²) in [5, 5.41) is 13.0. The predicted octanol–water partition coefficient (Wildman–Crippen LogP) is 4.10. The summed E-state index contributed by atoms with van der Waals surface area (Å²) >= 11 is 1.05. The van der Waals surface area contributed by atoms with E-state index in [1.54, 1.807) is 11.9 Å². The molecule has 2 aromatic carbocycles. The second-order valence-electron chi connectivity index (χ2n) is 13.8. The molecule has 0 spiro atoms. The summed E-state index contributed by atoms with van der Waals surface area (Å²) in [5.41, 5.74) is 10.5. The SMILES string of the molecule is CCN(CC)c1ccc2c(-c3ccccc3C(=O)N(C)CCCC(=O)NCCN3C(=O)CC(SCC(N)C(=O)O)C3=O)c3ccc(=[N+](CC)CC)cc-3oc2c1. The smallest absolute Gasteiger partial charge is 0.321 e. The van der Waals surface area contributed by atoms with Gasteiger partial charge in [-0.3, -0.25) is 28.9 Å². The Balaban J connectivity index is 1.29. The molecule has 2 aliphatic heterocycles. The average Bonchev–Trinajstić information content (AvgIpc) is 3.47. The van der Waals surface area contributed by atoms with Gasteiger partial charge in [0.05, 0.1) is 11.3 Å². The van der Waals surface area contributed by atoms with E-state index in [2.05, 4.69) is 78.9 Å². The number of likely N-dealkylation sites (tertiary alicyclic amines) is 1. The fraction of sp³-hybridized carbons (Fsp3) is 0.429. The summed E-state index contributed by atoms with van der Waals surface area (Å²) in [6.07, 6.45) is 0.513. The molecule has 2 heterocycles. The number of hydrogen-bond acceptors (Lipinski definition) is 9. The molecule has 0 bridgehead atoms. The minimum Gasteiger partial charge on any atom is -0.480 e. The van der Waals surface area contributed by atoms with Gasteiger partial charge in [-0.05, 0) is 63.9 Å². The topological polar surface area (TPSA) is 170 Å². The number of nitrogens with two attached hydrogens (primary N) is 1. The number of carbonyl (C=O) groups excluding carboxylic acids is 4. The van der Waals surface area contributed by atoms with E-state index in [0.29, 0.717) is 18.5 Å². The zero-order valence-electron chi connectivity index (χ0n) is 32.9. The number of benzene rings is 3. The first-order chi connectivity index (χ1) is 26.9. The largest absolute Gasteiger partial charge is 0.480 e. The van der Waals surface area contributed by atoms with E-state index in [1.165, 1.54) is 0 Å². The molecule has 4 amide bonds. The van der Waals surface area contributed by atoms with Gasteiger partial charge in [-0.15, -0.1) is 11.8 Å². The third-order valence-corrected chi connectivity index (χ3v) is 11.6. The average molecular weight is 786 g/mol. The van der Waals surface area contributed by atoms with Crippen molar-refractivity contribution in [3.05, 3.63) is 71.6 Å². The van der Waals surface area contributed by atoms with E-state index in [4.69, 9.17) is 15.3 Å². The van der Waals surface area contributed by atoms with E-state index in [9.17, 15) is 24.0 Å². The molecular weight excluding hydrogens is 733 g/mol. The number of fused-ring (bicyclic) bond motifs is 2. The van der Waals surface area contributed by atoms with Crippen molar-refractivity contribution in [3.8, 4) is 22.5 Å². The fourth-order valence-electron chi connectivity index (χ4n) is 7.10. The second-order valence-corrected chi connectivity index (χ2v) is 15.0. The Kier molecular flexibility index (Phi) is 14.3. The number of aliphatic carboxylic acids is 1. The first kappa shape index (κ1) is 41.9. The van der Waals surface area contributed by atoms with Crippen LogP contribution in [0, 0.1) is 0 Å². The maximum Gasteiger partial charge on any atom is 0.321 e. The van der Waals surface area contributed by atoms with Gasteiger partial charge in [-0.25, -0.2) is 4.58 Å². The molecule has 56 heavy (non-hydrogen) atoms. The molecule has 0 aromatic heterocycles. The van der Waals surface area contributed by atoms with Gasteiger partial charge in [0.1, 0.15) is 30.5 Å². The van der Waals surface area contributed by atoms with Gasteiger partial charge in [0.2, 0.25) is 23.1 Å². The number of nitrogens with zero attached hydrogens (tertiary/aromatic N) is 4. The van der Waals surface area contributed by atoms with Crippen LogP contribution in [-0.2, 0) is 19.2 Å². The quantitative estimate of drug-likeness (QED) is 0.0759. The Morgan fingerprint density at radius 1 is 1.02 bits per heavy atom. The Labute approximate surface area is 331 Å². The number of hydrogen-bond donors (Lipinski definition) is 3. The molecule has 14 heteroatoms. The van der Waals surface area contributed by atoms with Crippen LogP contribution in [0.15, 0.2) is 65.1 Å². The molecule has 0 radical (unpaired) electrons. The van der Waals surface area contributed by atoms with Crippen LogP contribution in [0.5, 0.6) is 0 Å². The zero-order chi connectivity index (χ0) is 40.5. The zero-order valence-corrected chi connectivity index (χ0v) is 33.7. The normalized spacial score (nSPS) is 14.7. The molecule has 1 aliphatic carbocycles. The first-order valence-electron chi connectivity index (χ1n) is 19.3. The van der Waals surface area contributed by atoms with Crippen molar-refractivity contribution in [2.24, 2.45) is 5.73 Å². The van der Waals surface area contributed by atoms with Gasteiger partial charge in [0.25, 0.3) is 5.91 Å². The van der Waals surface area contributed by atoms with Crippen LogP contribution in [-0.4, -0.2) is 114 Å². The van der Waals surface area contributed by atoms with Crippen LogP contribution in [0.25, 0.3) is 33.4 Å². The summed E-state index contributed by atoms with van der Waals surface area (Å²) in [7, 11) is 1.72. The van der Waals surface area contributed by atoms with E-state index >= 15 is 0 Å². The summed E-state index contributed by atoms with van der Waals surface area (Å²) in [6.45, 7) is 12.4. The molecular formula is C42H53N6O7S+. The Morgan fingerprint density at radius 2 is 1.75 bits per heavy atom. The lowest BCUT2D eigenvalue weighted by Gasteiger charge is -2.23. The van der Waals surface area contributed by atoms with Crippen molar-refractivity contribution in [2.75, 3.05) is 63.5 Å². The van der Waals surface area contributed by atoms with Crippen molar-refractivity contribution in [1.29, 1.82) is 0 Å². The number of carbonyl (C=O) groups is 5. The molecule has 13 nitrogen and oxygen atoms in total. The Bertz CT molecular complexity index is 2120. The standard InChI is InChI=1S/C42H52N6O7S/c1-6-46(7-2)27-16-18-31-34(23-27)55-35-24-28(47(8-3)9-4)17-19-32(35)39(31)29-13-10-11-14-30(29)40(51)45(5)21-12-15-37(49)44-20-22-48-38(50)25-36(41(48)52)56-26-33(43)42(53)54/h10-11,13-14,16-19,23-24,33,36H,6-9,12,15,20-22,25-26,43H2,1-5H3,(H-,44,49,53,54)/p+1. The van der Waals surface area contributed by atoms with Crippen LogP contribution < -0.4 is 25.9 Å². The highest BCUT2D eigenvalue weighted by molar-refractivity contribution is 8.00. The molecule has 2 unspecified atom stereocenters. The van der Waals surface area contributed by atoms with Gasteiger partial charge in [0, 0.05) is 98.3 Å². The molecule has 0 saturated carbocycles. The number of carboxylic acid groups (broad SMARTS) is 1. The van der Waals surface area contributed by atoms with Crippen LogP contribution in [0.3, 0.4) is 0 Å². The molecule has 298 valence electrons. The maximum atomic E-state index is 14.1. The van der Waals surface area contributed by atoms with Gasteiger partial charge >= 0.3 is 5.97 Å². The van der Waals surface area contributed by atoms with Crippen LogP contribution >= 0.6 is 11.8 Å². The van der Waals surface area contributed by atoms with Gasteiger partial charge in [-0.2, -0.15) is 0 Å². The maximum absolute atomic E-state index is 14.1. The second kappa shape index (κ2) is 19.1. The molecule has 2 atom stereocenters. The number of rotatable bonds is 18. The molecule has 3 aliphatic rings. The third-order valence-electron chi connectivity index (χ3n) is 10.3. The van der Waals surface area contributed by atoms with Gasteiger partial charge in [0.15, 0.2) is 0 Å². The molecule has 4 N–H and O–H groups in total. The highest BCUT2D eigenvalue weighted by Gasteiger charge is 2.39. The lowest BCUT2D eigenvalue weighted by Crippen LogP contribution is -2.39. The number of carboxylic acids is 1. The lowest BCUT2D eigenvalue weighted by molar-refractivity contribution is -0.139. The number of anilines is 1. The van der Waals surface area contributed by atoms with Crippen LogP contribution in [0.1, 0.15) is 57.3 Å². The summed E-state index contributed by atoms with van der Waals surface area (Å²) < 4.78 is 8.91. The number of imide groups is 1. The van der Waals surface area contributed by atoms with E-state index in [0.717, 1.165) is 87.3 Å². The minimum atomic E-state index is -1.17. The summed E-state index contributed by atoms with van der Waals surface area (Å²) in [5.74, 6) is -1.65. The van der Waals surface area contributed by atoms with Gasteiger partial charge in [-0.1, -0.05) is 18.2 Å². The van der Waals surface area contributed by atoms with E-state index < -0.39 is 23.2 Å². The molecule has 5 rings (SSSR count). The molecule has 2 aromatic rings. The number of nitrogens with one attached hydrogen (secondary N) is 1. The van der Waals surface area contributed by atoms with Crippen molar-refractivity contribution in [3.63, 3.8) is 0 Å². The van der Waals surface area contributed by atoms with Crippen molar-refractivity contribution in [2.45, 2.75) is 58.2 Å². The van der Waals surface area contributed by atoms with Crippen molar-refractivity contribution >= 4 is 58.0 Å². The van der Waals surface area contributed by atoms with Crippen LogP contribution in [0.2, 0.25) is 0 Å². The Morgan fingerprint density at radius 3 is 2.45 bits per heavy atom.